The van der Waals surface area contributed by atoms with Crippen LogP contribution in [0.2, 0.25) is 0 Å². The molecule has 5 heteroatoms. The van der Waals surface area contributed by atoms with Gasteiger partial charge in [-0.1, -0.05) is 30.3 Å². The van der Waals surface area contributed by atoms with Crippen molar-refractivity contribution in [3.8, 4) is 5.75 Å². The maximum atomic E-state index is 11.6. The predicted octanol–water partition coefficient (Wildman–Crippen LogP) is 4.32. The van der Waals surface area contributed by atoms with Crippen LogP contribution < -0.4 is 0 Å². The number of hydrogen-bond donors (Lipinski definition) is 2. The van der Waals surface area contributed by atoms with Gasteiger partial charge >= 0.3 is 0 Å². The summed E-state index contributed by atoms with van der Waals surface area (Å²) in [7, 11) is 4.02. The number of phenolic OH excluding ortho intramolecular Hbond substituents is 1. The minimum absolute atomic E-state index is 0.124. The molecule has 0 unspecified atom stereocenters. The number of rotatable bonds is 7. The van der Waals surface area contributed by atoms with Crippen LogP contribution in [-0.2, 0) is 4.84 Å². The van der Waals surface area contributed by atoms with E-state index in [-0.39, 0.29) is 5.41 Å². The van der Waals surface area contributed by atoms with Crippen molar-refractivity contribution >= 4 is 6.21 Å². The number of phenols is 1. The zero-order valence-corrected chi connectivity index (χ0v) is 18.3. The molecule has 2 aliphatic carbocycles. The Morgan fingerprint density at radius 2 is 2.10 bits per heavy atom. The Hall–Kier alpha value is -1.85. The Kier molecular flexibility index (Phi) is 6.69. The maximum absolute atomic E-state index is 11.6. The molecule has 2 saturated carbocycles. The number of aromatic hydroxyl groups is 1. The minimum atomic E-state index is -0.665. The van der Waals surface area contributed by atoms with E-state index >= 15 is 0 Å². The Morgan fingerprint density at radius 1 is 1.31 bits per heavy atom. The van der Waals surface area contributed by atoms with E-state index in [0.29, 0.717) is 24.2 Å². The summed E-state index contributed by atoms with van der Waals surface area (Å²) in [6.07, 6.45) is 8.65. The molecule has 0 aliphatic heterocycles. The summed E-state index contributed by atoms with van der Waals surface area (Å²) in [6.45, 7) is 5.72. The molecule has 3 rings (SSSR count). The van der Waals surface area contributed by atoms with Crippen LogP contribution >= 0.6 is 0 Å². The lowest BCUT2D eigenvalue weighted by Gasteiger charge is -2.49. The van der Waals surface area contributed by atoms with E-state index in [1.807, 2.05) is 26.2 Å². The first kappa shape index (κ1) is 21.8. The van der Waals surface area contributed by atoms with Gasteiger partial charge in [0.2, 0.25) is 0 Å². The van der Waals surface area contributed by atoms with Crippen molar-refractivity contribution in [3.63, 3.8) is 0 Å². The van der Waals surface area contributed by atoms with Gasteiger partial charge in [-0.25, -0.2) is 0 Å². The zero-order valence-electron chi connectivity index (χ0n) is 18.3. The molecule has 0 heterocycles. The molecule has 0 aromatic heterocycles. The van der Waals surface area contributed by atoms with Gasteiger partial charge in [-0.3, -0.25) is 0 Å². The second-order valence-electron chi connectivity index (χ2n) is 9.41. The number of benzene rings is 1. The van der Waals surface area contributed by atoms with Crippen molar-refractivity contribution in [1.82, 2.24) is 4.90 Å². The summed E-state index contributed by atoms with van der Waals surface area (Å²) < 4.78 is 0. The van der Waals surface area contributed by atoms with E-state index in [1.165, 1.54) is 0 Å². The van der Waals surface area contributed by atoms with Crippen LogP contribution in [0.1, 0.15) is 57.4 Å². The van der Waals surface area contributed by atoms with Gasteiger partial charge in [0.05, 0.1) is 11.8 Å². The van der Waals surface area contributed by atoms with Crippen LogP contribution in [0, 0.1) is 11.3 Å². The fraction of sp³-hybridized carbons (Fsp3) is 0.625. The Balaban J connectivity index is 1.65. The fourth-order valence-corrected chi connectivity index (χ4v) is 5.17. The quantitative estimate of drug-likeness (QED) is 0.406. The average Bonchev–Trinajstić information content (AvgIpc) is 2.92. The van der Waals surface area contributed by atoms with Crippen molar-refractivity contribution in [3.05, 3.63) is 41.5 Å². The number of likely N-dealkylation sites (N-methyl/N-ethyl adjacent to an activating group) is 1. The standard InChI is InChI=1S/C24H36N2O3/c1-18(17-25-29-13-12-26(3)4)14-21-9-11-24(28)16-20(8-10-23(21,24)2)19-6-5-7-22(27)15-19/h5-7,14-15,17,20-21,27-28H,8-13,16H2,1-4H3/t20-,21+,23+,24-/m0/s1. The Morgan fingerprint density at radius 3 is 2.83 bits per heavy atom. The van der Waals surface area contributed by atoms with Crippen molar-refractivity contribution in [1.29, 1.82) is 0 Å². The summed E-state index contributed by atoms with van der Waals surface area (Å²) in [5, 5.41) is 25.5. The van der Waals surface area contributed by atoms with Crippen LogP contribution in [0.25, 0.3) is 0 Å². The number of oxime groups is 1. The average molecular weight is 401 g/mol. The molecule has 2 fully saturated rings. The van der Waals surface area contributed by atoms with Gasteiger partial charge in [0, 0.05) is 12.0 Å². The van der Waals surface area contributed by atoms with Crippen molar-refractivity contribution in [2.75, 3.05) is 27.2 Å². The van der Waals surface area contributed by atoms with E-state index in [1.54, 1.807) is 12.3 Å². The molecule has 160 valence electrons. The molecule has 1 aromatic rings. The highest BCUT2D eigenvalue weighted by molar-refractivity contribution is 5.77. The molecule has 2 aliphatic rings. The highest BCUT2D eigenvalue weighted by Crippen LogP contribution is 2.61. The highest BCUT2D eigenvalue weighted by Gasteiger charge is 2.58. The van der Waals surface area contributed by atoms with E-state index in [0.717, 1.165) is 49.8 Å². The van der Waals surface area contributed by atoms with Crippen LogP contribution in [0.4, 0.5) is 0 Å². The first-order chi connectivity index (χ1) is 13.7. The van der Waals surface area contributed by atoms with Gasteiger partial charge in [0.15, 0.2) is 0 Å². The minimum Gasteiger partial charge on any atom is -0.508 e. The first-order valence-electron chi connectivity index (χ1n) is 10.7. The first-order valence-corrected chi connectivity index (χ1v) is 10.7. The molecular weight excluding hydrogens is 364 g/mol. The maximum Gasteiger partial charge on any atom is 0.129 e. The number of hydrogen-bond acceptors (Lipinski definition) is 5. The number of nitrogens with zero attached hydrogens (tertiary/aromatic N) is 2. The summed E-state index contributed by atoms with van der Waals surface area (Å²) >= 11 is 0. The molecule has 4 atom stereocenters. The third-order valence-electron chi connectivity index (χ3n) is 7.11. The monoisotopic (exact) mass is 400 g/mol. The SMILES string of the molecule is CC(C=NOCCN(C)C)=C[C@H]1CC[C@]2(O)C[C@@H](c3cccc(O)c3)CC[C@]12C. The van der Waals surface area contributed by atoms with E-state index < -0.39 is 5.60 Å². The summed E-state index contributed by atoms with van der Waals surface area (Å²) in [5.74, 6) is 0.944. The number of aliphatic hydroxyl groups is 1. The molecule has 29 heavy (non-hydrogen) atoms. The van der Waals surface area contributed by atoms with Gasteiger partial charge < -0.3 is 20.0 Å². The lowest BCUT2D eigenvalue weighted by Crippen LogP contribution is -2.49. The molecule has 0 amide bonds. The molecule has 0 saturated heterocycles. The Bertz CT molecular complexity index is 760. The van der Waals surface area contributed by atoms with Crippen LogP contribution in [0.5, 0.6) is 5.75 Å². The molecule has 0 bridgehead atoms. The molecule has 0 spiro atoms. The van der Waals surface area contributed by atoms with E-state index in [9.17, 15) is 10.2 Å². The van der Waals surface area contributed by atoms with Gasteiger partial charge in [-0.15, -0.1) is 0 Å². The van der Waals surface area contributed by atoms with Crippen LogP contribution in [0.15, 0.2) is 41.1 Å². The smallest absolute Gasteiger partial charge is 0.129 e. The Labute approximate surface area is 175 Å². The van der Waals surface area contributed by atoms with Gasteiger partial charge in [0.25, 0.3) is 0 Å². The van der Waals surface area contributed by atoms with Crippen LogP contribution in [0.3, 0.4) is 0 Å². The normalized spacial score (nSPS) is 32.7. The van der Waals surface area contributed by atoms with Gasteiger partial charge in [-0.05, 0) is 88.2 Å². The van der Waals surface area contributed by atoms with E-state index in [2.05, 4.69) is 36.0 Å². The lowest BCUT2D eigenvalue weighted by atomic mass is 9.59. The second kappa shape index (κ2) is 8.88. The third-order valence-corrected chi connectivity index (χ3v) is 7.11. The van der Waals surface area contributed by atoms with Crippen molar-refractivity contribution in [2.45, 2.75) is 57.5 Å². The van der Waals surface area contributed by atoms with Gasteiger partial charge in [-0.2, -0.15) is 0 Å². The molecule has 1 aromatic carbocycles. The number of fused-ring (bicyclic) bond motifs is 1. The van der Waals surface area contributed by atoms with E-state index in [4.69, 9.17) is 4.84 Å². The fourth-order valence-electron chi connectivity index (χ4n) is 5.17. The molecule has 2 N–H and O–H groups in total. The summed E-state index contributed by atoms with van der Waals surface area (Å²) in [4.78, 5) is 7.38. The largest absolute Gasteiger partial charge is 0.508 e. The highest BCUT2D eigenvalue weighted by atomic mass is 16.6. The lowest BCUT2D eigenvalue weighted by molar-refractivity contribution is -0.0985. The summed E-state index contributed by atoms with van der Waals surface area (Å²) in [6, 6.07) is 7.52. The van der Waals surface area contributed by atoms with Crippen molar-refractivity contribution < 1.29 is 15.1 Å². The molecule has 5 nitrogen and oxygen atoms in total. The number of allylic oxidation sites excluding steroid dienone is 2. The molecule has 0 radical (unpaired) electrons. The molecular formula is C24H36N2O3. The topological polar surface area (TPSA) is 65.3 Å². The summed E-state index contributed by atoms with van der Waals surface area (Å²) in [5.41, 5.74) is 1.43. The predicted molar refractivity (Wildman–Crippen MR) is 117 cm³/mol. The van der Waals surface area contributed by atoms with Crippen LogP contribution in [-0.4, -0.2) is 54.2 Å². The van der Waals surface area contributed by atoms with Crippen molar-refractivity contribution in [2.24, 2.45) is 16.5 Å². The van der Waals surface area contributed by atoms with Gasteiger partial charge in [0.1, 0.15) is 12.4 Å². The third kappa shape index (κ3) is 4.84. The zero-order chi connectivity index (χ0) is 21.1. The second-order valence-corrected chi connectivity index (χ2v) is 9.41.